The minimum Gasteiger partial charge on any atom is -0.508 e. The van der Waals surface area contributed by atoms with Gasteiger partial charge >= 0.3 is 0 Å². The quantitative estimate of drug-likeness (QED) is 0.130. The van der Waals surface area contributed by atoms with Crippen LogP contribution in [0, 0.1) is 17.3 Å². The number of nitrogens with zero attached hydrogens (tertiary/aromatic N) is 3. The molecular weight excluding hydrogens is 626 g/mol. The van der Waals surface area contributed by atoms with Crippen molar-refractivity contribution in [3.8, 4) is 40.1 Å². The van der Waals surface area contributed by atoms with E-state index in [4.69, 9.17) is 4.74 Å². The Morgan fingerprint density at radius 1 is 0.959 bits per heavy atom. The second-order valence-electron chi connectivity index (χ2n) is 13.9. The number of hydrogen-bond acceptors (Lipinski definition) is 9. The highest BCUT2D eigenvalue weighted by molar-refractivity contribution is 5.94. The molecule has 12 heteroatoms. The largest absolute Gasteiger partial charge is 0.508 e. The van der Waals surface area contributed by atoms with E-state index in [9.17, 15) is 30.0 Å². The van der Waals surface area contributed by atoms with Crippen molar-refractivity contribution in [3.05, 3.63) is 77.6 Å². The molecule has 12 nitrogen and oxygen atoms in total. The summed E-state index contributed by atoms with van der Waals surface area (Å²) in [5, 5.41) is 56.7. The van der Waals surface area contributed by atoms with Gasteiger partial charge < -0.3 is 35.8 Å². The number of aliphatic hydroxyl groups excluding tert-OH is 1. The lowest BCUT2D eigenvalue weighted by Gasteiger charge is -2.32. The fourth-order valence-electron chi connectivity index (χ4n) is 7.43. The summed E-state index contributed by atoms with van der Waals surface area (Å²) in [6.07, 6.45) is 0.109. The number of rotatable bonds is 11. The fourth-order valence-corrected chi connectivity index (χ4v) is 7.43. The monoisotopic (exact) mass is 669 g/mol. The molecule has 3 aromatic carbocycles. The maximum atomic E-state index is 13.0. The van der Waals surface area contributed by atoms with E-state index in [0.717, 1.165) is 0 Å². The zero-order valence-corrected chi connectivity index (χ0v) is 28.3. The SMILES string of the molecule is CCNC(=O)c1nnc(-c2cc(C(C)C)c(O)cc2O)n1-c1ccc(Oc2ccc(C(=O)NCC[C@]3(O)C4[C@H](C[C@H]3O)C4(C)C)cc2)cc1. The molecule has 4 atom stereocenters. The van der Waals surface area contributed by atoms with E-state index < -0.39 is 17.6 Å². The Kier molecular flexibility index (Phi) is 8.89. The molecule has 0 spiro atoms. The Hall–Kier alpha value is -4.94. The lowest BCUT2D eigenvalue weighted by Crippen LogP contribution is -2.46. The van der Waals surface area contributed by atoms with Crippen molar-refractivity contribution in [1.82, 2.24) is 25.4 Å². The van der Waals surface area contributed by atoms with E-state index in [-0.39, 0.29) is 59.3 Å². The van der Waals surface area contributed by atoms with Crippen molar-refractivity contribution >= 4 is 11.8 Å². The van der Waals surface area contributed by atoms with Crippen LogP contribution in [0.2, 0.25) is 0 Å². The molecule has 0 radical (unpaired) electrons. The van der Waals surface area contributed by atoms with E-state index in [0.29, 0.717) is 52.8 Å². The van der Waals surface area contributed by atoms with Gasteiger partial charge in [-0.1, -0.05) is 27.7 Å². The highest BCUT2D eigenvalue weighted by atomic mass is 16.5. The normalized spacial score (nSPS) is 22.1. The van der Waals surface area contributed by atoms with Crippen LogP contribution in [0.5, 0.6) is 23.0 Å². The third-order valence-corrected chi connectivity index (χ3v) is 10.1. The molecule has 1 aromatic heterocycles. The fraction of sp³-hybridized carbons (Fsp3) is 0.405. The number of phenolic OH excluding ortho intramolecular Hbond substituents is 2. The molecule has 6 rings (SSSR count). The molecule has 2 aliphatic carbocycles. The number of aliphatic hydroxyl groups is 2. The van der Waals surface area contributed by atoms with Crippen LogP contribution in [0.3, 0.4) is 0 Å². The van der Waals surface area contributed by atoms with E-state index in [2.05, 4.69) is 34.7 Å². The van der Waals surface area contributed by atoms with Gasteiger partial charge in [0, 0.05) is 30.4 Å². The van der Waals surface area contributed by atoms with Crippen molar-refractivity contribution in [3.63, 3.8) is 0 Å². The molecule has 6 N–H and O–H groups in total. The predicted octanol–water partition coefficient (Wildman–Crippen LogP) is 4.90. The van der Waals surface area contributed by atoms with Crippen LogP contribution in [0.1, 0.15) is 79.9 Å². The van der Waals surface area contributed by atoms with Gasteiger partial charge in [-0.15, -0.1) is 10.2 Å². The third kappa shape index (κ3) is 6.22. The van der Waals surface area contributed by atoms with E-state index in [1.54, 1.807) is 61.5 Å². The summed E-state index contributed by atoms with van der Waals surface area (Å²) in [4.78, 5) is 25.8. The minimum atomic E-state index is -1.18. The molecule has 4 aromatic rings. The van der Waals surface area contributed by atoms with Crippen LogP contribution in [-0.2, 0) is 0 Å². The first-order chi connectivity index (χ1) is 23.3. The standard InChI is InChI=1S/C37H43N5O7/c1-6-38-35(47)33-41-40-32(26-17-25(20(2)3)28(43)19-29(26)44)42(33)22-9-13-24(14-10-22)49-23-11-7-21(8-12-23)34(46)39-16-15-37(48)30(45)18-27-31(37)36(27,4)5/h7-14,17,19-20,27,30-31,43-45,48H,6,15-16,18H2,1-5H3,(H,38,47)(H,39,46)/t27-,30+,31?,37+/m0/s1. The average Bonchev–Trinajstić information content (AvgIpc) is 3.30. The summed E-state index contributed by atoms with van der Waals surface area (Å²) < 4.78 is 7.56. The molecule has 2 aliphatic rings. The summed E-state index contributed by atoms with van der Waals surface area (Å²) >= 11 is 0. The lowest BCUT2D eigenvalue weighted by molar-refractivity contribution is -0.0882. The number of amides is 2. The van der Waals surface area contributed by atoms with Crippen molar-refractivity contribution in [1.29, 1.82) is 0 Å². The van der Waals surface area contributed by atoms with Crippen molar-refractivity contribution in [2.45, 2.75) is 65.1 Å². The Balaban J connectivity index is 1.15. The Morgan fingerprint density at radius 2 is 1.61 bits per heavy atom. The second-order valence-corrected chi connectivity index (χ2v) is 13.9. The summed E-state index contributed by atoms with van der Waals surface area (Å²) in [5.74, 6) is 0.576. The Labute approximate surface area is 284 Å². The van der Waals surface area contributed by atoms with Crippen molar-refractivity contribution < 1.29 is 34.8 Å². The highest BCUT2D eigenvalue weighted by Gasteiger charge is 2.73. The molecule has 1 heterocycles. The topological polar surface area (TPSA) is 179 Å². The van der Waals surface area contributed by atoms with Crippen LogP contribution in [-0.4, -0.2) is 71.8 Å². The van der Waals surface area contributed by atoms with Gasteiger partial charge in [-0.05, 0) is 103 Å². The molecular formula is C37H43N5O7. The number of carbonyl (C=O) groups excluding carboxylic acids is 2. The van der Waals surface area contributed by atoms with Crippen LogP contribution in [0.4, 0.5) is 0 Å². The number of carbonyl (C=O) groups is 2. The van der Waals surface area contributed by atoms with Crippen LogP contribution in [0.15, 0.2) is 60.7 Å². The molecule has 2 saturated carbocycles. The first-order valence-corrected chi connectivity index (χ1v) is 16.6. The van der Waals surface area contributed by atoms with Gasteiger partial charge in [0.2, 0.25) is 5.82 Å². The number of phenols is 2. The smallest absolute Gasteiger partial charge is 0.289 e. The molecule has 0 saturated heterocycles. The first-order valence-electron chi connectivity index (χ1n) is 16.6. The highest BCUT2D eigenvalue weighted by Crippen LogP contribution is 2.70. The van der Waals surface area contributed by atoms with E-state index in [1.807, 2.05) is 13.8 Å². The molecule has 1 unspecified atom stereocenters. The number of aromatic nitrogens is 3. The Bertz CT molecular complexity index is 1870. The number of hydrogen-bond donors (Lipinski definition) is 6. The minimum absolute atomic E-state index is 0.0113. The number of aromatic hydroxyl groups is 2. The first kappa shape index (κ1) is 33.9. The summed E-state index contributed by atoms with van der Waals surface area (Å²) in [6.45, 7) is 10.5. The third-order valence-electron chi connectivity index (χ3n) is 10.1. The zero-order chi connectivity index (χ0) is 35.2. The van der Waals surface area contributed by atoms with Crippen LogP contribution < -0.4 is 15.4 Å². The van der Waals surface area contributed by atoms with Crippen molar-refractivity contribution in [2.24, 2.45) is 17.3 Å². The Morgan fingerprint density at radius 3 is 2.22 bits per heavy atom. The molecule has 49 heavy (non-hydrogen) atoms. The van der Waals surface area contributed by atoms with Crippen molar-refractivity contribution in [2.75, 3.05) is 13.1 Å². The number of nitrogens with one attached hydrogen (secondary N) is 2. The molecule has 0 bridgehead atoms. The summed E-state index contributed by atoms with van der Waals surface area (Å²) in [7, 11) is 0. The van der Waals surface area contributed by atoms with Gasteiger partial charge in [0.1, 0.15) is 23.0 Å². The lowest BCUT2D eigenvalue weighted by atomic mass is 9.84. The number of ether oxygens (including phenoxy) is 1. The maximum absolute atomic E-state index is 13.0. The molecule has 258 valence electrons. The molecule has 2 amide bonds. The number of fused-ring (bicyclic) bond motifs is 1. The average molecular weight is 670 g/mol. The van der Waals surface area contributed by atoms with E-state index in [1.165, 1.54) is 10.6 Å². The van der Waals surface area contributed by atoms with E-state index >= 15 is 0 Å². The number of benzene rings is 3. The van der Waals surface area contributed by atoms with Gasteiger partial charge in [-0.2, -0.15) is 0 Å². The van der Waals surface area contributed by atoms with Gasteiger partial charge in [-0.25, -0.2) is 0 Å². The second kappa shape index (κ2) is 12.8. The van der Waals surface area contributed by atoms with Gasteiger partial charge in [-0.3, -0.25) is 14.2 Å². The van der Waals surface area contributed by atoms with Crippen LogP contribution in [0.25, 0.3) is 17.1 Å². The van der Waals surface area contributed by atoms with Gasteiger partial charge in [0.05, 0.1) is 17.3 Å². The molecule has 0 aliphatic heterocycles. The predicted molar refractivity (Wildman–Crippen MR) is 182 cm³/mol. The summed E-state index contributed by atoms with van der Waals surface area (Å²) in [5.41, 5.74) is 0.714. The zero-order valence-electron chi connectivity index (χ0n) is 28.3. The van der Waals surface area contributed by atoms with Gasteiger partial charge in [0.15, 0.2) is 5.82 Å². The van der Waals surface area contributed by atoms with Gasteiger partial charge in [0.25, 0.3) is 11.8 Å². The molecule has 2 fully saturated rings. The van der Waals surface area contributed by atoms with Crippen LogP contribution >= 0.6 is 0 Å². The summed E-state index contributed by atoms with van der Waals surface area (Å²) in [6, 6.07) is 16.4. The maximum Gasteiger partial charge on any atom is 0.289 e.